The summed E-state index contributed by atoms with van der Waals surface area (Å²) >= 11 is 0. The third kappa shape index (κ3) is 4.39. The van der Waals surface area contributed by atoms with Gasteiger partial charge in [-0.25, -0.2) is 8.42 Å². The SMILES string of the molecule is CCCOCCNC1CCS(=O)(=O)C1. The van der Waals surface area contributed by atoms with Crippen LogP contribution in [0.25, 0.3) is 0 Å². The van der Waals surface area contributed by atoms with E-state index in [0.29, 0.717) is 18.1 Å². The molecule has 0 saturated carbocycles. The highest BCUT2D eigenvalue weighted by Gasteiger charge is 2.26. The topological polar surface area (TPSA) is 55.4 Å². The molecule has 0 amide bonds. The Kier molecular flexibility index (Phi) is 4.84. The van der Waals surface area contributed by atoms with E-state index in [1.54, 1.807) is 0 Å². The van der Waals surface area contributed by atoms with Gasteiger partial charge in [-0.2, -0.15) is 0 Å². The van der Waals surface area contributed by atoms with Gasteiger partial charge in [-0.05, 0) is 12.8 Å². The van der Waals surface area contributed by atoms with Crippen LogP contribution in [0.15, 0.2) is 0 Å². The van der Waals surface area contributed by atoms with E-state index in [2.05, 4.69) is 12.2 Å². The molecule has 1 atom stereocenters. The minimum absolute atomic E-state index is 0.144. The van der Waals surface area contributed by atoms with Crippen LogP contribution in [0.2, 0.25) is 0 Å². The molecule has 0 aromatic carbocycles. The Balaban J connectivity index is 2.03. The van der Waals surface area contributed by atoms with Gasteiger partial charge in [-0.3, -0.25) is 0 Å². The third-order valence-corrected chi connectivity index (χ3v) is 4.03. The van der Waals surface area contributed by atoms with Crippen molar-refractivity contribution in [1.82, 2.24) is 5.32 Å². The van der Waals surface area contributed by atoms with Crippen LogP contribution >= 0.6 is 0 Å². The van der Waals surface area contributed by atoms with E-state index in [1.165, 1.54) is 0 Å². The number of rotatable bonds is 6. The van der Waals surface area contributed by atoms with E-state index < -0.39 is 9.84 Å². The molecule has 1 rings (SSSR count). The fourth-order valence-corrected chi connectivity index (χ4v) is 3.25. The first-order chi connectivity index (χ1) is 6.64. The third-order valence-electron chi connectivity index (χ3n) is 2.26. The quantitative estimate of drug-likeness (QED) is 0.651. The second-order valence-corrected chi connectivity index (χ2v) is 5.90. The minimum atomic E-state index is -2.75. The Morgan fingerprint density at radius 3 is 2.79 bits per heavy atom. The van der Waals surface area contributed by atoms with Gasteiger partial charge in [0.25, 0.3) is 0 Å². The van der Waals surface area contributed by atoms with Gasteiger partial charge in [0.2, 0.25) is 0 Å². The van der Waals surface area contributed by atoms with Crippen molar-refractivity contribution in [1.29, 1.82) is 0 Å². The number of hydrogen-bond donors (Lipinski definition) is 1. The first-order valence-electron chi connectivity index (χ1n) is 5.15. The van der Waals surface area contributed by atoms with E-state index in [4.69, 9.17) is 4.74 Å². The van der Waals surface area contributed by atoms with Gasteiger partial charge in [-0.1, -0.05) is 6.92 Å². The van der Waals surface area contributed by atoms with Gasteiger partial charge in [-0.15, -0.1) is 0 Å². The van der Waals surface area contributed by atoms with Crippen LogP contribution < -0.4 is 5.32 Å². The average molecular weight is 221 g/mol. The summed E-state index contributed by atoms with van der Waals surface area (Å²) in [5.74, 6) is 0.626. The van der Waals surface area contributed by atoms with Crippen LogP contribution in [0.1, 0.15) is 19.8 Å². The van der Waals surface area contributed by atoms with E-state index in [1.807, 2.05) is 0 Å². The molecule has 14 heavy (non-hydrogen) atoms. The number of ether oxygens (including phenoxy) is 1. The molecule has 1 fully saturated rings. The molecule has 0 spiro atoms. The highest BCUT2D eigenvalue weighted by molar-refractivity contribution is 7.91. The Morgan fingerprint density at radius 1 is 1.43 bits per heavy atom. The molecule has 84 valence electrons. The minimum Gasteiger partial charge on any atom is -0.380 e. The van der Waals surface area contributed by atoms with Gasteiger partial charge in [0, 0.05) is 19.2 Å². The van der Waals surface area contributed by atoms with Crippen LogP contribution in [0.4, 0.5) is 0 Å². The van der Waals surface area contributed by atoms with Crippen molar-refractivity contribution >= 4 is 9.84 Å². The highest BCUT2D eigenvalue weighted by Crippen LogP contribution is 2.10. The summed E-state index contributed by atoms with van der Waals surface area (Å²) in [6.07, 6.45) is 1.77. The first-order valence-corrected chi connectivity index (χ1v) is 6.98. The predicted molar refractivity (Wildman–Crippen MR) is 56.2 cm³/mol. The molecule has 0 aromatic heterocycles. The molecular weight excluding hydrogens is 202 g/mol. The zero-order chi connectivity index (χ0) is 10.4. The van der Waals surface area contributed by atoms with Gasteiger partial charge in [0.05, 0.1) is 18.1 Å². The molecule has 4 nitrogen and oxygen atoms in total. The maximum absolute atomic E-state index is 11.1. The van der Waals surface area contributed by atoms with Crippen LogP contribution in [0, 0.1) is 0 Å². The van der Waals surface area contributed by atoms with E-state index in [0.717, 1.165) is 26.0 Å². The van der Waals surface area contributed by atoms with Crippen LogP contribution in [-0.2, 0) is 14.6 Å². The van der Waals surface area contributed by atoms with E-state index in [-0.39, 0.29) is 6.04 Å². The fraction of sp³-hybridized carbons (Fsp3) is 1.00. The Hall–Kier alpha value is -0.130. The average Bonchev–Trinajstić information content (AvgIpc) is 2.45. The summed E-state index contributed by atoms with van der Waals surface area (Å²) < 4.78 is 27.5. The van der Waals surface area contributed by atoms with Crippen molar-refractivity contribution in [3.8, 4) is 0 Å². The van der Waals surface area contributed by atoms with Gasteiger partial charge in [0.15, 0.2) is 9.84 Å². The number of sulfone groups is 1. The number of hydrogen-bond acceptors (Lipinski definition) is 4. The molecule has 5 heteroatoms. The monoisotopic (exact) mass is 221 g/mol. The Bertz CT molecular complexity index is 251. The summed E-state index contributed by atoms with van der Waals surface area (Å²) in [5.41, 5.74) is 0. The summed E-state index contributed by atoms with van der Waals surface area (Å²) in [6, 6.07) is 0.144. The van der Waals surface area contributed by atoms with Crippen molar-refractivity contribution in [2.24, 2.45) is 0 Å². The Labute approximate surface area is 85.9 Å². The number of nitrogens with one attached hydrogen (secondary N) is 1. The summed E-state index contributed by atoms with van der Waals surface area (Å²) in [6.45, 7) is 4.27. The molecule has 1 heterocycles. The molecule has 1 saturated heterocycles. The molecule has 0 radical (unpaired) electrons. The zero-order valence-electron chi connectivity index (χ0n) is 8.66. The molecular formula is C9H19NO3S. The lowest BCUT2D eigenvalue weighted by Gasteiger charge is -2.10. The van der Waals surface area contributed by atoms with E-state index >= 15 is 0 Å². The summed E-state index contributed by atoms with van der Waals surface area (Å²) in [4.78, 5) is 0. The molecule has 0 bridgehead atoms. The lowest BCUT2D eigenvalue weighted by molar-refractivity contribution is 0.135. The lowest BCUT2D eigenvalue weighted by atomic mass is 10.3. The molecule has 1 aliphatic rings. The second kappa shape index (κ2) is 5.68. The van der Waals surface area contributed by atoms with Crippen LogP contribution in [0.5, 0.6) is 0 Å². The van der Waals surface area contributed by atoms with Crippen molar-refractivity contribution in [2.75, 3.05) is 31.3 Å². The second-order valence-electron chi connectivity index (χ2n) is 3.67. The first kappa shape index (κ1) is 11.9. The predicted octanol–water partition coefficient (Wildman–Crippen LogP) is 0.190. The lowest BCUT2D eigenvalue weighted by Crippen LogP contribution is -2.32. The zero-order valence-corrected chi connectivity index (χ0v) is 9.48. The van der Waals surface area contributed by atoms with Crippen molar-refractivity contribution in [3.05, 3.63) is 0 Å². The smallest absolute Gasteiger partial charge is 0.151 e. The van der Waals surface area contributed by atoms with E-state index in [9.17, 15) is 8.42 Å². The van der Waals surface area contributed by atoms with Gasteiger partial charge in [0.1, 0.15) is 0 Å². The Morgan fingerprint density at radius 2 is 2.21 bits per heavy atom. The molecule has 1 unspecified atom stereocenters. The maximum Gasteiger partial charge on any atom is 0.151 e. The molecule has 0 aromatic rings. The molecule has 1 N–H and O–H groups in total. The molecule has 1 aliphatic heterocycles. The van der Waals surface area contributed by atoms with Crippen molar-refractivity contribution in [3.63, 3.8) is 0 Å². The molecule has 0 aliphatic carbocycles. The largest absolute Gasteiger partial charge is 0.380 e. The van der Waals surface area contributed by atoms with Gasteiger partial charge < -0.3 is 10.1 Å². The van der Waals surface area contributed by atoms with Crippen molar-refractivity contribution < 1.29 is 13.2 Å². The summed E-state index contributed by atoms with van der Waals surface area (Å²) in [7, 11) is -2.75. The summed E-state index contributed by atoms with van der Waals surface area (Å²) in [5, 5.41) is 3.19. The van der Waals surface area contributed by atoms with Crippen LogP contribution in [-0.4, -0.2) is 45.7 Å². The van der Waals surface area contributed by atoms with Crippen molar-refractivity contribution in [2.45, 2.75) is 25.8 Å². The van der Waals surface area contributed by atoms with Crippen LogP contribution in [0.3, 0.4) is 0 Å². The highest BCUT2D eigenvalue weighted by atomic mass is 32.2. The van der Waals surface area contributed by atoms with Gasteiger partial charge >= 0.3 is 0 Å². The maximum atomic E-state index is 11.1. The standard InChI is InChI=1S/C9H19NO3S/c1-2-5-13-6-4-10-9-3-7-14(11,12)8-9/h9-10H,2-8H2,1H3. The fourth-order valence-electron chi connectivity index (χ4n) is 1.54. The normalized spacial score (nSPS) is 25.4.